The van der Waals surface area contributed by atoms with E-state index in [2.05, 4.69) is 15.9 Å². The van der Waals surface area contributed by atoms with E-state index in [9.17, 15) is 9.18 Å². The van der Waals surface area contributed by atoms with E-state index in [0.717, 1.165) is 14.9 Å². The summed E-state index contributed by atoms with van der Waals surface area (Å²) in [5.41, 5.74) is 0.819. The number of carboxylic acid groups (broad SMARTS) is 1. The average molecular weight is 341 g/mol. The Morgan fingerprint density at radius 1 is 1.26 bits per heavy atom. The SMILES string of the molecule is O=C(O)c1cc(SCc2cccc(Br)c2)ccc1F. The van der Waals surface area contributed by atoms with E-state index in [1.165, 1.54) is 23.9 Å². The second-order valence-corrected chi connectivity index (χ2v) is 5.83. The Kier molecular flexibility index (Phi) is 4.61. The predicted molar refractivity (Wildman–Crippen MR) is 77.1 cm³/mol. The summed E-state index contributed by atoms with van der Waals surface area (Å²) in [5, 5.41) is 8.86. The zero-order chi connectivity index (χ0) is 13.8. The first-order chi connectivity index (χ1) is 9.06. The van der Waals surface area contributed by atoms with E-state index >= 15 is 0 Å². The molecule has 0 radical (unpaired) electrons. The summed E-state index contributed by atoms with van der Waals surface area (Å²) in [6.07, 6.45) is 0. The predicted octanol–water partition coefficient (Wildman–Crippen LogP) is 4.58. The summed E-state index contributed by atoms with van der Waals surface area (Å²) < 4.78 is 14.2. The number of carboxylic acids is 1. The lowest BCUT2D eigenvalue weighted by molar-refractivity contribution is 0.0691. The molecule has 0 heterocycles. The van der Waals surface area contributed by atoms with Gasteiger partial charge >= 0.3 is 5.97 Å². The minimum Gasteiger partial charge on any atom is -0.478 e. The third-order valence-electron chi connectivity index (χ3n) is 2.46. The maximum absolute atomic E-state index is 13.2. The van der Waals surface area contributed by atoms with Crippen LogP contribution in [0.5, 0.6) is 0 Å². The zero-order valence-corrected chi connectivity index (χ0v) is 12.2. The summed E-state index contributed by atoms with van der Waals surface area (Å²) in [6.45, 7) is 0. The van der Waals surface area contributed by atoms with Gasteiger partial charge in [-0.2, -0.15) is 0 Å². The van der Waals surface area contributed by atoms with Crippen molar-refractivity contribution in [2.45, 2.75) is 10.6 Å². The third kappa shape index (κ3) is 3.81. The number of rotatable bonds is 4. The van der Waals surface area contributed by atoms with Crippen molar-refractivity contribution in [3.8, 4) is 0 Å². The highest BCUT2D eigenvalue weighted by atomic mass is 79.9. The van der Waals surface area contributed by atoms with E-state index in [1.54, 1.807) is 6.07 Å². The van der Waals surface area contributed by atoms with Gasteiger partial charge in [-0.25, -0.2) is 9.18 Å². The Morgan fingerprint density at radius 2 is 2.05 bits per heavy atom. The van der Waals surface area contributed by atoms with Gasteiger partial charge < -0.3 is 5.11 Å². The van der Waals surface area contributed by atoms with E-state index in [4.69, 9.17) is 5.11 Å². The first kappa shape index (κ1) is 14.1. The Labute approximate surface area is 122 Å². The molecule has 0 amide bonds. The number of aromatic carboxylic acids is 1. The Hall–Kier alpha value is -1.33. The van der Waals surface area contributed by atoms with Crippen LogP contribution in [0.1, 0.15) is 15.9 Å². The van der Waals surface area contributed by atoms with Gasteiger partial charge in [-0.3, -0.25) is 0 Å². The minimum absolute atomic E-state index is 0.292. The van der Waals surface area contributed by atoms with Gasteiger partial charge in [-0.15, -0.1) is 11.8 Å². The van der Waals surface area contributed by atoms with Crippen LogP contribution in [0.4, 0.5) is 4.39 Å². The van der Waals surface area contributed by atoms with Crippen LogP contribution in [-0.2, 0) is 5.75 Å². The smallest absolute Gasteiger partial charge is 0.338 e. The molecule has 98 valence electrons. The first-order valence-electron chi connectivity index (χ1n) is 5.46. The molecular formula is C14H10BrFO2S. The van der Waals surface area contributed by atoms with Gasteiger partial charge in [0.15, 0.2) is 0 Å². The van der Waals surface area contributed by atoms with Crippen LogP contribution < -0.4 is 0 Å². The van der Waals surface area contributed by atoms with Gasteiger partial charge in [-0.05, 0) is 35.9 Å². The molecule has 0 saturated heterocycles. The van der Waals surface area contributed by atoms with Crippen molar-refractivity contribution < 1.29 is 14.3 Å². The lowest BCUT2D eigenvalue weighted by Crippen LogP contribution is -2.00. The van der Waals surface area contributed by atoms with Crippen LogP contribution in [0, 0.1) is 5.82 Å². The van der Waals surface area contributed by atoms with Gasteiger partial charge in [0.2, 0.25) is 0 Å². The van der Waals surface area contributed by atoms with Crippen molar-refractivity contribution in [1.29, 1.82) is 0 Å². The quantitative estimate of drug-likeness (QED) is 0.827. The number of carbonyl (C=O) groups is 1. The summed E-state index contributed by atoms with van der Waals surface area (Å²) in [5.74, 6) is -1.26. The molecule has 0 fully saturated rings. The van der Waals surface area contributed by atoms with Gasteiger partial charge in [0, 0.05) is 15.1 Å². The van der Waals surface area contributed by atoms with Crippen molar-refractivity contribution in [3.63, 3.8) is 0 Å². The monoisotopic (exact) mass is 340 g/mol. The van der Waals surface area contributed by atoms with Gasteiger partial charge in [0.1, 0.15) is 5.82 Å². The molecule has 0 saturated carbocycles. The van der Waals surface area contributed by atoms with Crippen molar-refractivity contribution in [3.05, 3.63) is 63.9 Å². The maximum atomic E-state index is 13.2. The Balaban J connectivity index is 2.12. The van der Waals surface area contributed by atoms with E-state index in [0.29, 0.717) is 5.75 Å². The van der Waals surface area contributed by atoms with Gasteiger partial charge in [0.25, 0.3) is 0 Å². The molecule has 2 aromatic carbocycles. The second-order valence-electron chi connectivity index (χ2n) is 3.87. The van der Waals surface area contributed by atoms with Crippen LogP contribution in [0.3, 0.4) is 0 Å². The fourth-order valence-electron chi connectivity index (χ4n) is 1.55. The van der Waals surface area contributed by atoms with E-state index in [1.807, 2.05) is 24.3 Å². The highest BCUT2D eigenvalue weighted by Crippen LogP contribution is 2.26. The average Bonchev–Trinajstić information content (AvgIpc) is 2.37. The molecule has 0 aliphatic carbocycles. The largest absolute Gasteiger partial charge is 0.478 e. The Bertz CT molecular complexity index is 616. The second kappa shape index (κ2) is 6.21. The van der Waals surface area contributed by atoms with Crippen LogP contribution in [0.25, 0.3) is 0 Å². The normalized spacial score (nSPS) is 10.4. The molecule has 0 aliphatic rings. The molecule has 5 heteroatoms. The number of hydrogen-bond acceptors (Lipinski definition) is 2. The highest BCUT2D eigenvalue weighted by molar-refractivity contribution is 9.10. The van der Waals surface area contributed by atoms with Crippen molar-refractivity contribution in [2.75, 3.05) is 0 Å². The molecule has 0 spiro atoms. The fraction of sp³-hybridized carbons (Fsp3) is 0.0714. The maximum Gasteiger partial charge on any atom is 0.338 e. The molecule has 0 aromatic heterocycles. The Morgan fingerprint density at radius 3 is 2.74 bits per heavy atom. The molecule has 0 bridgehead atoms. The lowest BCUT2D eigenvalue weighted by Gasteiger charge is -2.04. The summed E-state index contributed by atoms with van der Waals surface area (Å²) in [6, 6.07) is 12.0. The molecule has 0 atom stereocenters. The fourth-order valence-corrected chi connectivity index (χ4v) is 2.88. The molecule has 2 aromatic rings. The first-order valence-corrected chi connectivity index (χ1v) is 7.24. The lowest BCUT2D eigenvalue weighted by atomic mass is 10.2. The summed E-state index contributed by atoms with van der Waals surface area (Å²) in [7, 11) is 0. The van der Waals surface area contributed by atoms with Gasteiger partial charge in [0.05, 0.1) is 5.56 Å². The summed E-state index contributed by atoms with van der Waals surface area (Å²) >= 11 is 4.86. The molecule has 1 N–H and O–H groups in total. The summed E-state index contributed by atoms with van der Waals surface area (Å²) in [4.78, 5) is 11.6. The number of thioether (sulfide) groups is 1. The van der Waals surface area contributed by atoms with Gasteiger partial charge in [-0.1, -0.05) is 28.1 Å². The molecule has 19 heavy (non-hydrogen) atoms. The van der Waals surface area contributed by atoms with E-state index < -0.39 is 11.8 Å². The molecular weight excluding hydrogens is 331 g/mol. The van der Waals surface area contributed by atoms with Crippen LogP contribution in [-0.4, -0.2) is 11.1 Å². The van der Waals surface area contributed by atoms with Crippen LogP contribution in [0.15, 0.2) is 51.8 Å². The topological polar surface area (TPSA) is 37.3 Å². The molecule has 0 unspecified atom stereocenters. The number of benzene rings is 2. The number of halogens is 2. The van der Waals surface area contributed by atoms with Crippen molar-refractivity contribution >= 4 is 33.7 Å². The molecule has 2 rings (SSSR count). The van der Waals surface area contributed by atoms with Crippen molar-refractivity contribution in [1.82, 2.24) is 0 Å². The third-order valence-corrected chi connectivity index (χ3v) is 4.02. The molecule has 0 aliphatic heterocycles. The van der Waals surface area contributed by atoms with E-state index in [-0.39, 0.29) is 5.56 Å². The number of hydrogen-bond donors (Lipinski definition) is 1. The minimum atomic E-state index is -1.25. The van der Waals surface area contributed by atoms with Crippen molar-refractivity contribution in [2.24, 2.45) is 0 Å². The standard InChI is InChI=1S/C14H10BrFO2S/c15-10-3-1-2-9(6-10)8-19-11-4-5-13(16)12(7-11)14(17)18/h1-7H,8H2,(H,17,18). The highest BCUT2D eigenvalue weighted by Gasteiger charge is 2.10. The zero-order valence-electron chi connectivity index (χ0n) is 9.77. The van der Waals surface area contributed by atoms with Crippen LogP contribution >= 0.6 is 27.7 Å². The molecule has 2 nitrogen and oxygen atoms in total. The van der Waals surface area contributed by atoms with Crippen LogP contribution in [0.2, 0.25) is 0 Å².